The second-order valence-electron chi connectivity index (χ2n) is 6.40. The molecule has 6 heteroatoms. The van der Waals surface area contributed by atoms with E-state index in [-0.39, 0.29) is 0 Å². The summed E-state index contributed by atoms with van der Waals surface area (Å²) in [6, 6.07) is 0.509. The van der Waals surface area contributed by atoms with Crippen LogP contribution in [0.2, 0.25) is 0 Å². The van der Waals surface area contributed by atoms with Gasteiger partial charge in [-0.15, -0.1) is 21.5 Å². The molecule has 0 N–H and O–H groups in total. The van der Waals surface area contributed by atoms with Crippen molar-refractivity contribution in [2.24, 2.45) is 0 Å². The smallest absolute Gasteiger partial charge is 0.131 e. The third-order valence-electron chi connectivity index (χ3n) is 4.59. The van der Waals surface area contributed by atoms with E-state index in [4.69, 9.17) is 4.98 Å². The Morgan fingerprint density at radius 2 is 2.00 bits per heavy atom. The maximum Gasteiger partial charge on any atom is 0.131 e. The molecule has 0 radical (unpaired) electrons. The summed E-state index contributed by atoms with van der Waals surface area (Å²) >= 11 is 3.73. The van der Waals surface area contributed by atoms with Gasteiger partial charge in [0.15, 0.2) is 0 Å². The van der Waals surface area contributed by atoms with Crippen LogP contribution in [-0.4, -0.2) is 27.1 Å². The largest absolute Gasteiger partial charge is 0.292 e. The van der Waals surface area contributed by atoms with E-state index in [1.54, 1.807) is 0 Å². The highest BCUT2D eigenvalue weighted by atomic mass is 32.1. The van der Waals surface area contributed by atoms with Crippen LogP contribution in [0.15, 0.2) is 0 Å². The lowest BCUT2D eigenvalue weighted by atomic mass is 9.97. The van der Waals surface area contributed by atoms with Crippen LogP contribution in [0.5, 0.6) is 0 Å². The molecular weight excluding hydrogens is 312 g/mol. The van der Waals surface area contributed by atoms with Gasteiger partial charge in [-0.1, -0.05) is 18.3 Å². The van der Waals surface area contributed by atoms with Gasteiger partial charge in [0.1, 0.15) is 10.0 Å². The van der Waals surface area contributed by atoms with Crippen LogP contribution in [0.25, 0.3) is 0 Å². The molecule has 0 bridgehead atoms. The Kier molecular flexibility index (Phi) is 4.00. The average molecular weight is 335 g/mol. The highest BCUT2D eigenvalue weighted by Gasteiger charge is 2.30. The first kappa shape index (κ1) is 14.7. The predicted octanol–water partition coefficient (Wildman–Crippen LogP) is 3.94. The Labute approximate surface area is 139 Å². The van der Waals surface area contributed by atoms with Crippen molar-refractivity contribution in [3.8, 4) is 0 Å². The van der Waals surface area contributed by atoms with E-state index in [0.717, 1.165) is 24.4 Å². The summed E-state index contributed by atoms with van der Waals surface area (Å²) in [5.41, 5.74) is 1.35. The third kappa shape index (κ3) is 2.84. The van der Waals surface area contributed by atoms with Crippen molar-refractivity contribution in [3.63, 3.8) is 0 Å². The fraction of sp³-hybridized carbons (Fsp3) is 0.688. The van der Waals surface area contributed by atoms with Gasteiger partial charge >= 0.3 is 0 Å². The van der Waals surface area contributed by atoms with Crippen LogP contribution >= 0.6 is 22.7 Å². The Morgan fingerprint density at radius 1 is 1.14 bits per heavy atom. The molecule has 1 fully saturated rings. The van der Waals surface area contributed by atoms with Gasteiger partial charge in [-0.2, -0.15) is 0 Å². The molecule has 2 aliphatic rings. The van der Waals surface area contributed by atoms with Crippen molar-refractivity contribution >= 4 is 22.7 Å². The van der Waals surface area contributed by atoms with Gasteiger partial charge in [-0.3, -0.25) is 4.90 Å². The van der Waals surface area contributed by atoms with E-state index >= 15 is 0 Å². The summed E-state index contributed by atoms with van der Waals surface area (Å²) in [5.74, 6) is 0.714. The molecule has 118 valence electrons. The van der Waals surface area contributed by atoms with Crippen LogP contribution in [0.1, 0.15) is 70.2 Å². The fourth-order valence-electron chi connectivity index (χ4n) is 3.17. The Balaban J connectivity index is 1.50. The normalized spacial score (nSPS) is 21.3. The highest BCUT2D eigenvalue weighted by molar-refractivity contribution is 7.12. The minimum absolute atomic E-state index is 0.509. The maximum absolute atomic E-state index is 4.81. The number of fused-ring (bicyclic) bond motifs is 1. The number of nitrogens with zero attached hydrogens (tertiary/aromatic N) is 4. The van der Waals surface area contributed by atoms with Gasteiger partial charge in [0.05, 0.1) is 17.2 Å². The van der Waals surface area contributed by atoms with Crippen molar-refractivity contribution in [1.82, 2.24) is 20.1 Å². The molecule has 2 aromatic rings. The summed E-state index contributed by atoms with van der Waals surface area (Å²) in [6.07, 6.45) is 7.30. The number of rotatable bonds is 5. The van der Waals surface area contributed by atoms with E-state index in [1.165, 1.54) is 46.3 Å². The standard InChI is InChI=1S/C16H22N4S2/c1-3-13-17-11-5-4-6-12(15(11)21-13)20(2)9-14-18-19-16(22-14)10-7-8-10/h10,12H,3-9H2,1-2H3/t12-/m0/s1. The average Bonchev–Trinajstić information content (AvgIpc) is 3.12. The number of hydrogen-bond donors (Lipinski definition) is 0. The quantitative estimate of drug-likeness (QED) is 0.830. The third-order valence-corrected chi connectivity index (χ3v) is 7.01. The van der Waals surface area contributed by atoms with Gasteiger partial charge in [0.2, 0.25) is 0 Å². The number of thiazole rings is 1. The van der Waals surface area contributed by atoms with Crippen molar-refractivity contribution in [3.05, 3.63) is 25.6 Å². The molecule has 2 heterocycles. The van der Waals surface area contributed by atoms with Crippen LogP contribution in [-0.2, 0) is 19.4 Å². The van der Waals surface area contributed by atoms with Gasteiger partial charge in [-0.25, -0.2) is 4.98 Å². The molecule has 22 heavy (non-hydrogen) atoms. The van der Waals surface area contributed by atoms with Crippen molar-refractivity contribution in [1.29, 1.82) is 0 Å². The van der Waals surface area contributed by atoms with Crippen LogP contribution < -0.4 is 0 Å². The predicted molar refractivity (Wildman–Crippen MR) is 90.5 cm³/mol. The summed E-state index contributed by atoms with van der Waals surface area (Å²) in [4.78, 5) is 8.76. The van der Waals surface area contributed by atoms with E-state index < -0.39 is 0 Å². The molecule has 1 saturated carbocycles. The second-order valence-corrected chi connectivity index (χ2v) is 8.61. The molecule has 0 amide bonds. The van der Waals surface area contributed by atoms with Crippen molar-refractivity contribution in [2.45, 2.75) is 64.0 Å². The Morgan fingerprint density at radius 3 is 2.77 bits per heavy atom. The molecule has 1 atom stereocenters. The Hall–Kier alpha value is -0.850. The zero-order valence-electron chi connectivity index (χ0n) is 13.2. The molecule has 4 rings (SSSR count). The number of hydrogen-bond acceptors (Lipinski definition) is 6. The second kappa shape index (κ2) is 5.98. The minimum Gasteiger partial charge on any atom is -0.292 e. The molecule has 0 aliphatic heterocycles. The molecule has 0 unspecified atom stereocenters. The lowest BCUT2D eigenvalue weighted by Gasteiger charge is -2.29. The van der Waals surface area contributed by atoms with Crippen molar-refractivity contribution < 1.29 is 0 Å². The van der Waals surface area contributed by atoms with Crippen LogP contribution in [0, 0.1) is 0 Å². The van der Waals surface area contributed by atoms with E-state index in [2.05, 4.69) is 29.1 Å². The number of aryl methyl sites for hydroxylation is 2. The monoisotopic (exact) mass is 334 g/mol. The molecule has 0 saturated heterocycles. The van der Waals surface area contributed by atoms with E-state index in [0.29, 0.717) is 12.0 Å². The summed E-state index contributed by atoms with van der Waals surface area (Å²) in [5, 5.41) is 12.5. The molecule has 4 nitrogen and oxygen atoms in total. The van der Waals surface area contributed by atoms with E-state index in [1.807, 2.05) is 22.7 Å². The SMILES string of the molecule is CCc1nc2c(s1)[C@@H](N(C)Cc1nnc(C3CC3)s1)CCC2. The van der Waals surface area contributed by atoms with Gasteiger partial charge in [0, 0.05) is 16.8 Å². The summed E-state index contributed by atoms with van der Waals surface area (Å²) in [7, 11) is 2.23. The first-order valence-corrected chi connectivity index (χ1v) is 9.89. The first-order valence-electron chi connectivity index (χ1n) is 8.25. The highest BCUT2D eigenvalue weighted by Crippen LogP contribution is 2.42. The lowest BCUT2D eigenvalue weighted by molar-refractivity contribution is 0.215. The zero-order chi connectivity index (χ0) is 15.1. The minimum atomic E-state index is 0.509. The summed E-state index contributed by atoms with van der Waals surface area (Å²) in [6.45, 7) is 3.11. The lowest BCUT2D eigenvalue weighted by Crippen LogP contribution is -2.26. The number of aromatic nitrogens is 3. The van der Waals surface area contributed by atoms with Gasteiger partial charge in [-0.05, 0) is 45.6 Å². The topological polar surface area (TPSA) is 41.9 Å². The molecule has 2 aromatic heterocycles. The van der Waals surface area contributed by atoms with Gasteiger partial charge < -0.3 is 0 Å². The Bertz CT molecular complexity index is 659. The summed E-state index contributed by atoms with van der Waals surface area (Å²) < 4.78 is 0. The van der Waals surface area contributed by atoms with Crippen LogP contribution in [0.4, 0.5) is 0 Å². The zero-order valence-corrected chi connectivity index (χ0v) is 14.8. The molecule has 0 spiro atoms. The first-order chi connectivity index (χ1) is 10.7. The fourth-order valence-corrected chi connectivity index (χ4v) is 5.50. The van der Waals surface area contributed by atoms with E-state index in [9.17, 15) is 0 Å². The van der Waals surface area contributed by atoms with Crippen molar-refractivity contribution in [2.75, 3.05) is 7.05 Å². The van der Waals surface area contributed by atoms with Crippen LogP contribution in [0.3, 0.4) is 0 Å². The molecule has 0 aromatic carbocycles. The molecular formula is C16H22N4S2. The maximum atomic E-state index is 4.81. The molecule has 2 aliphatic carbocycles. The van der Waals surface area contributed by atoms with Gasteiger partial charge in [0.25, 0.3) is 0 Å².